The largest absolute Gasteiger partial charge is 0.355 e. The van der Waals surface area contributed by atoms with Crippen LogP contribution in [-0.2, 0) is 21.4 Å². The molecule has 1 aliphatic rings. The van der Waals surface area contributed by atoms with Crippen molar-refractivity contribution in [1.82, 2.24) is 24.1 Å². The van der Waals surface area contributed by atoms with Gasteiger partial charge in [0.15, 0.2) is 0 Å². The van der Waals surface area contributed by atoms with Crippen LogP contribution < -0.4 is 5.32 Å². The number of rotatable bonds is 8. The lowest BCUT2D eigenvalue weighted by molar-refractivity contribution is -0.121. The second-order valence-electron chi connectivity index (χ2n) is 7.73. The number of benzene rings is 1. The lowest BCUT2D eigenvalue weighted by Gasteiger charge is -2.19. The molecule has 8 nitrogen and oxygen atoms in total. The molecule has 0 unspecified atom stereocenters. The first-order valence-corrected chi connectivity index (χ1v) is 11.7. The minimum Gasteiger partial charge on any atom is -0.355 e. The van der Waals surface area contributed by atoms with Gasteiger partial charge in [0.1, 0.15) is 0 Å². The van der Waals surface area contributed by atoms with Crippen molar-refractivity contribution in [1.29, 1.82) is 0 Å². The Balaban J connectivity index is 1.52. The van der Waals surface area contributed by atoms with Crippen LogP contribution in [0.2, 0.25) is 0 Å². The summed E-state index contributed by atoms with van der Waals surface area (Å²) in [5.41, 5.74) is 1.43. The Kier molecular flexibility index (Phi) is 7.26. The number of nitrogens with one attached hydrogen (secondary N) is 1. The molecular formula is C20H31N5O3S. The summed E-state index contributed by atoms with van der Waals surface area (Å²) in [6, 6.07) is 4.90. The maximum atomic E-state index is 12.3. The van der Waals surface area contributed by atoms with Crippen LogP contribution >= 0.6 is 0 Å². The van der Waals surface area contributed by atoms with Gasteiger partial charge in [-0.25, -0.2) is 17.7 Å². The van der Waals surface area contributed by atoms with E-state index in [0.29, 0.717) is 25.0 Å². The lowest BCUT2D eigenvalue weighted by Crippen LogP contribution is -2.35. The zero-order valence-corrected chi connectivity index (χ0v) is 18.1. The Morgan fingerprint density at radius 3 is 2.55 bits per heavy atom. The van der Waals surface area contributed by atoms with E-state index in [-0.39, 0.29) is 10.8 Å². The molecule has 1 aromatic carbocycles. The van der Waals surface area contributed by atoms with E-state index in [4.69, 9.17) is 0 Å². The molecule has 0 atom stereocenters. The maximum absolute atomic E-state index is 12.3. The minimum absolute atomic E-state index is 0.0217. The number of nitrogens with zero attached hydrogens (tertiary/aromatic N) is 4. The molecule has 1 aliphatic heterocycles. The molecule has 29 heavy (non-hydrogen) atoms. The molecule has 0 spiro atoms. The summed E-state index contributed by atoms with van der Waals surface area (Å²) in [5, 5.41) is 3.00. The zero-order chi connectivity index (χ0) is 20.9. The average molecular weight is 422 g/mol. The third-order valence-corrected chi connectivity index (χ3v) is 7.21. The highest BCUT2D eigenvalue weighted by atomic mass is 32.2. The van der Waals surface area contributed by atoms with Gasteiger partial charge in [0.05, 0.1) is 22.3 Å². The number of amides is 1. The minimum atomic E-state index is -3.49. The molecule has 0 bridgehead atoms. The highest BCUT2D eigenvalue weighted by Crippen LogP contribution is 2.20. The van der Waals surface area contributed by atoms with Crippen LogP contribution in [0, 0.1) is 0 Å². The van der Waals surface area contributed by atoms with Crippen LogP contribution in [0.3, 0.4) is 0 Å². The summed E-state index contributed by atoms with van der Waals surface area (Å²) in [4.78, 5) is 19.1. The van der Waals surface area contributed by atoms with E-state index in [1.54, 1.807) is 24.5 Å². The Hall–Kier alpha value is -1.97. The van der Waals surface area contributed by atoms with E-state index in [2.05, 4.69) is 15.2 Å². The number of sulfonamides is 1. The van der Waals surface area contributed by atoms with E-state index < -0.39 is 10.0 Å². The van der Waals surface area contributed by atoms with Crippen molar-refractivity contribution in [2.24, 2.45) is 0 Å². The SMILES string of the molecule is CN(C)S(=O)(=O)c1ccc2c(c1)ncn2CCC(=O)NCCN1CCCCCC1. The van der Waals surface area contributed by atoms with Crippen molar-refractivity contribution in [3.8, 4) is 0 Å². The van der Waals surface area contributed by atoms with Gasteiger partial charge >= 0.3 is 0 Å². The second-order valence-corrected chi connectivity index (χ2v) is 9.88. The molecule has 0 saturated carbocycles. The average Bonchev–Trinajstić information content (AvgIpc) is 2.91. The van der Waals surface area contributed by atoms with Gasteiger partial charge in [-0.15, -0.1) is 0 Å². The molecule has 160 valence electrons. The molecule has 2 heterocycles. The highest BCUT2D eigenvalue weighted by Gasteiger charge is 2.18. The lowest BCUT2D eigenvalue weighted by atomic mass is 10.2. The molecular weight excluding hydrogens is 390 g/mol. The van der Waals surface area contributed by atoms with Gasteiger partial charge in [-0.3, -0.25) is 4.79 Å². The molecule has 1 aromatic heterocycles. The summed E-state index contributed by atoms with van der Waals surface area (Å²) >= 11 is 0. The predicted octanol–water partition coefficient (Wildman–Crippen LogP) is 1.67. The quantitative estimate of drug-likeness (QED) is 0.701. The molecule has 9 heteroatoms. The number of imidazole rings is 1. The van der Waals surface area contributed by atoms with Crippen molar-refractivity contribution in [3.05, 3.63) is 24.5 Å². The number of hydrogen-bond acceptors (Lipinski definition) is 5. The smallest absolute Gasteiger partial charge is 0.242 e. The van der Waals surface area contributed by atoms with Gasteiger partial charge in [0.25, 0.3) is 0 Å². The number of carbonyl (C=O) groups excluding carboxylic acids is 1. The Morgan fingerprint density at radius 1 is 1.14 bits per heavy atom. The van der Waals surface area contributed by atoms with E-state index in [9.17, 15) is 13.2 Å². The number of aromatic nitrogens is 2. The number of hydrogen-bond donors (Lipinski definition) is 1. The Bertz CT molecular complexity index is 931. The number of carbonyl (C=O) groups is 1. The first-order valence-electron chi connectivity index (χ1n) is 10.2. The van der Waals surface area contributed by atoms with Gasteiger partial charge in [0, 0.05) is 40.2 Å². The first-order chi connectivity index (χ1) is 13.9. The van der Waals surface area contributed by atoms with Crippen molar-refractivity contribution in [3.63, 3.8) is 0 Å². The first kappa shape index (κ1) is 21.7. The topological polar surface area (TPSA) is 87.5 Å². The summed E-state index contributed by atoms with van der Waals surface area (Å²) in [7, 11) is -0.484. The van der Waals surface area contributed by atoms with Crippen LogP contribution in [0.15, 0.2) is 29.4 Å². The van der Waals surface area contributed by atoms with Gasteiger partial charge in [-0.1, -0.05) is 12.8 Å². The molecule has 1 N–H and O–H groups in total. The molecule has 0 radical (unpaired) electrons. The predicted molar refractivity (Wildman–Crippen MR) is 113 cm³/mol. The third kappa shape index (κ3) is 5.55. The summed E-state index contributed by atoms with van der Waals surface area (Å²) in [6.07, 6.45) is 7.14. The number of fused-ring (bicyclic) bond motifs is 1. The Labute approximate surface area is 172 Å². The molecule has 1 saturated heterocycles. The molecule has 2 aromatic rings. The maximum Gasteiger partial charge on any atom is 0.242 e. The highest BCUT2D eigenvalue weighted by molar-refractivity contribution is 7.89. The normalized spacial score (nSPS) is 16.2. The number of aryl methyl sites for hydroxylation is 1. The van der Waals surface area contributed by atoms with Gasteiger partial charge < -0.3 is 14.8 Å². The Morgan fingerprint density at radius 2 is 1.86 bits per heavy atom. The van der Waals surface area contributed by atoms with Crippen LogP contribution in [0.25, 0.3) is 11.0 Å². The second kappa shape index (κ2) is 9.69. The van der Waals surface area contributed by atoms with Crippen LogP contribution in [0.5, 0.6) is 0 Å². The summed E-state index contributed by atoms with van der Waals surface area (Å²) in [6.45, 7) is 4.34. The van der Waals surface area contributed by atoms with Gasteiger partial charge in [0.2, 0.25) is 15.9 Å². The standard InChI is InChI=1S/C20H31N5O3S/c1-23(2)29(27,28)17-7-8-19-18(15-17)22-16-25(19)13-9-20(26)21-10-14-24-11-5-3-4-6-12-24/h7-8,15-16H,3-6,9-14H2,1-2H3,(H,21,26). The van der Waals surface area contributed by atoms with Crippen LogP contribution in [0.4, 0.5) is 0 Å². The van der Waals surface area contributed by atoms with Crippen LogP contribution in [0.1, 0.15) is 32.1 Å². The van der Waals surface area contributed by atoms with E-state index in [0.717, 1.165) is 25.2 Å². The molecule has 1 fully saturated rings. The van der Waals surface area contributed by atoms with E-state index >= 15 is 0 Å². The van der Waals surface area contributed by atoms with E-state index in [1.807, 2.05) is 4.57 Å². The summed E-state index contributed by atoms with van der Waals surface area (Å²) in [5.74, 6) is 0.0217. The van der Waals surface area contributed by atoms with Crippen molar-refractivity contribution >= 4 is 27.0 Å². The zero-order valence-electron chi connectivity index (χ0n) is 17.3. The molecule has 3 rings (SSSR count). The molecule has 1 amide bonds. The number of likely N-dealkylation sites (tertiary alicyclic amines) is 1. The fraction of sp³-hybridized carbons (Fsp3) is 0.600. The fourth-order valence-electron chi connectivity index (χ4n) is 3.62. The molecule has 0 aliphatic carbocycles. The van der Waals surface area contributed by atoms with Crippen molar-refractivity contribution < 1.29 is 13.2 Å². The van der Waals surface area contributed by atoms with Crippen molar-refractivity contribution in [2.45, 2.75) is 43.5 Å². The van der Waals surface area contributed by atoms with Gasteiger partial charge in [-0.05, 0) is 44.1 Å². The monoisotopic (exact) mass is 421 g/mol. The third-order valence-electron chi connectivity index (χ3n) is 5.40. The van der Waals surface area contributed by atoms with Gasteiger partial charge in [-0.2, -0.15) is 0 Å². The van der Waals surface area contributed by atoms with Crippen molar-refractivity contribution in [2.75, 3.05) is 40.3 Å². The van der Waals surface area contributed by atoms with Crippen LogP contribution in [-0.4, -0.2) is 73.4 Å². The fourth-order valence-corrected chi connectivity index (χ4v) is 4.54. The summed E-state index contributed by atoms with van der Waals surface area (Å²) < 4.78 is 27.6. The van der Waals surface area contributed by atoms with E-state index in [1.165, 1.54) is 44.1 Å².